The van der Waals surface area contributed by atoms with Gasteiger partial charge in [-0.1, -0.05) is 74.5 Å². The number of aldehydes is 1. The van der Waals surface area contributed by atoms with Crippen molar-refractivity contribution in [2.75, 3.05) is 76.3 Å². The van der Waals surface area contributed by atoms with Gasteiger partial charge in [-0.3, -0.25) is 24.0 Å². The number of aryl methyl sites for hydroxylation is 4. The Kier molecular flexibility index (Phi) is 31.2. The number of likely N-dealkylation sites (tertiary alicyclic amines) is 1. The highest BCUT2D eigenvalue weighted by Crippen LogP contribution is 2.35. The van der Waals surface area contributed by atoms with Crippen LogP contribution >= 0.6 is 0 Å². The fourth-order valence-electron chi connectivity index (χ4n) is 15.5. The number of nitrogens with two attached hydrogens (primary N) is 1. The van der Waals surface area contributed by atoms with E-state index < -0.39 is 11.4 Å². The Morgan fingerprint density at radius 1 is 0.533 bits per heavy atom. The van der Waals surface area contributed by atoms with Gasteiger partial charge in [0.1, 0.15) is 23.5 Å². The van der Waals surface area contributed by atoms with Gasteiger partial charge in [0.2, 0.25) is 0 Å². The fourth-order valence-corrected chi connectivity index (χ4v) is 15.5. The number of carbonyl (C=O) groups excluding carboxylic acids is 6. The molecule has 8 heterocycles. The average molecular weight is 1640 g/mol. The van der Waals surface area contributed by atoms with Crippen LogP contribution in [0.1, 0.15) is 191 Å². The van der Waals surface area contributed by atoms with E-state index in [9.17, 15) is 33.2 Å². The van der Waals surface area contributed by atoms with Gasteiger partial charge >= 0.3 is 6.09 Å². The third-order valence-corrected chi connectivity index (χ3v) is 22.3. The zero-order valence-electron chi connectivity index (χ0n) is 70.0. The summed E-state index contributed by atoms with van der Waals surface area (Å²) in [5.41, 5.74) is 18.9. The molecule has 634 valence electrons. The van der Waals surface area contributed by atoms with E-state index in [1.807, 2.05) is 81.5 Å². The summed E-state index contributed by atoms with van der Waals surface area (Å²) >= 11 is 0. The molecule has 120 heavy (non-hydrogen) atoms. The number of ether oxygens (including phenoxy) is 3. The number of piperidine rings is 2. The van der Waals surface area contributed by atoms with E-state index in [2.05, 4.69) is 65.7 Å². The van der Waals surface area contributed by atoms with Crippen molar-refractivity contribution >= 4 is 69.4 Å². The molecule has 5 amide bonds. The second-order valence-electron chi connectivity index (χ2n) is 31.9. The Bertz CT molecular complexity index is 5190. The number of halogens is 2. The lowest BCUT2D eigenvalue weighted by Gasteiger charge is -2.32. The highest BCUT2D eigenvalue weighted by Gasteiger charge is 2.29. The Hall–Kier alpha value is -11.4. The normalized spacial score (nSPS) is 14.9. The van der Waals surface area contributed by atoms with Crippen LogP contribution in [0.2, 0.25) is 0 Å². The average Bonchev–Trinajstić information content (AvgIpc) is 1.56. The maximum Gasteiger partial charge on any atom is 0.410 e. The van der Waals surface area contributed by atoms with Crippen molar-refractivity contribution in [2.45, 2.75) is 176 Å². The second kappa shape index (κ2) is 42.5. The number of hydrogen-bond donors (Lipinski definition) is 9. The van der Waals surface area contributed by atoms with Gasteiger partial charge in [-0.25, -0.2) is 32.9 Å². The standard InChI is InChI=1S/C44H53FN8O3.C38H39FN6O4.C11H22N2O2/c1-3-40-37(41(51-35-15-19-56-20-16-35)38-28-50-53(4-2)42(38)52-40)27-49-44(55)34-10-6-9-33(23-34)43(54)48-26-31-11-12-39(45)36(22-31)32-8-5-7-30(21-32)25-47-24-29-13-17-46-18-14-29;1-3-34-31(35(43-29-13-15-49-16-14-29)32-22-42-45(4-2)36(32)44-34)21-41-38(48)28-10-6-9-27(19-28)37(47)40-20-24-11-12-33(39)30(18-24)26-8-5-7-25(17-26)23-46;1-11(2,3)15-10(14)13-6-4-9(8-12)5-7-13/h5-12,21-23,28-29,35,46-47H,3-4,13-20,24-27H2,1-2H3,(H,48,54)(H,49,55)(H,51,52);5-12,17-19,22-23,29H,3-4,13-16,20-21H2,1-2H3,(H,40,47)(H,41,48)(H,43,44);9H,4-8,12H2,1-3H3. The lowest BCUT2D eigenvalue weighted by molar-refractivity contribution is 0.0186. The molecule has 4 aliphatic heterocycles. The summed E-state index contributed by atoms with van der Waals surface area (Å²) in [4.78, 5) is 88.1. The summed E-state index contributed by atoms with van der Waals surface area (Å²) in [5.74, 6) is -0.812. The molecule has 10 N–H and O–H groups in total. The molecule has 25 nitrogen and oxygen atoms in total. The number of amides is 5. The van der Waals surface area contributed by atoms with E-state index >= 15 is 4.39 Å². The third-order valence-electron chi connectivity index (χ3n) is 22.3. The van der Waals surface area contributed by atoms with E-state index in [4.69, 9.17) is 29.9 Å². The molecule has 14 rings (SSSR count). The van der Waals surface area contributed by atoms with Crippen LogP contribution < -0.4 is 48.3 Å². The SMILES string of the molecule is CC(C)(C)OC(=O)N1CCC(CN)CC1.CCc1nc2c(cnn2CC)c(NC2CCOCC2)c1CNC(=O)c1cccc(C(=O)NCc2ccc(F)c(-c3cccc(C=O)c3)c2)c1.CCc1nc2c(cnn2CC)c(NC2CCOCC2)c1CNC(=O)c1cccc(C(=O)NCc2ccc(F)c(-c3cccc(CNCC4CCNCC4)c3)c2)c1. The fraction of sp³-hybridized carbons (Fsp3) is 0.419. The van der Waals surface area contributed by atoms with E-state index in [0.29, 0.717) is 121 Å². The van der Waals surface area contributed by atoms with Gasteiger partial charge in [0, 0.05) is 159 Å². The minimum Gasteiger partial charge on any atom is -0.444 e. The number of aromatic nitrogens is 6. The molecular formula is C93H114F2N16O9. The number of rotatable bonds is 28. The van der Waals surface area contributed by atoms with Crippen LogP contribution in [0.25, 0.3) is 44.3 Å². The Balaban J connectivity index is 0.000000189. The van der Waals surface area contributed by atoms with Crippen LogP contribution in [0.5, 0.6) is 0 Å². The number of hydrogen-bond acceptors (Lipinski definition) is 18. The summed E-state index contributed by atoms with van der Waals surface area (Å²) in [6.07, 6.45) is 13.5. The van der Waals surface area contributed by atoms with Gasteiger partial charge in [0.15, 0.2) is 11.3 Å². The highest BCUT2D eigenvalue weighted by molar-refractivity contribution is 6.01. The summed E-state index contributed by atoms with van der Waals surface area (Å²) in [6, 6.07) is 37.8. The molecule has 10 aromatic rings. The molecule has 4 aliphatic rings. The molecule has 0 bridgehead atoms. The first-order valence-electron chi connectivity index (χ1n) is 42.3. The lowest BCUT2D eigenvalue weighted by Crippen LogP contribution is -2.42. The number of nitrogens with zero attached hydrogens (tertiary/aromatic N) is 7. The van der Waals surface area contributed by atoms with Crippen LogP contribution in [-0.2, 0) is 72.9 Å². The number of carbonyl (C=O) groups is 6. The molecule has 0 aliphatic carbocycles. The van der Waals surface area contributed by atoms with E-state index in [0.717, 1.165) is 157 Å². The molecule has 0 saturated carbocycles. The van der Waals surface area contributed by atoms with Crippen LogP contribution in [0.3, 0.4) is 0 Å². The van der Waals surface area contributed by atoms with Crippen LogP contribution in [0.4, 0.5) is 25.0 Å². The number of pyridine rings is 2. The topological polar surface area (TPSA) is 317 Å². The number of anilines is 2. The largest absolute Gasteiger partial charge is 0.444 e. The Labute approximate surface area is 700 Å². The number of fused-ring (bicyclic) bond motifs is 2. The summed E-state index contributed by atoms with van der Waals surface area (Å²) in [5, 5.41) is 37.4. The maximum absolute atomic E-state index is 15.1. The Morgan fingerprint density at radius 3 is 1.42 bits per heavy atom. The smallest absolute Gasteiger partial charge is 0.410 e. The van der Waals surface area contributed by atoms with Crippen LogP contribution in [-0.4, -0.2) is 154 Å². The second-order valence-corrected chi connectivity index (χ2v) is 31.9. The minimum atomic E-state index is -0.430. The van der Waals surface area contributed by atoms with E-state index in [-0.39, 0.29) is 73.8 Å². The summed E-state index contributed by atoms with van der Waals surface area (Å²) in [7, 11) is 0. The van der Waals surface area contributed by atoms with Gasteiger partial charge in [-0.15, -0.1) is 0 Å². The van der Waals surface area contributed by atoms with Crippen molar-refractivity contribution in [2.24, 2.45) is 17.6 Å². The zero-order chi connectivity index (χ0) is 84.7. The van der Waals surface area contributed by atoms with E-state index in [1.165, 1.54) is 25.0 Å². The molecule has 0 atom stereocenters. The molecule has 0 spiro atoms. The maximum atomic E-state index is 15.1. The number of nitrogens with one attached hydrogen (secondary N) is 8. The quantitative estimate of drug-likeness (QED) is 0.0206. The molecule has 4 fully saturated rings. The molecule has 4 aromatic heterocycles. The van der Waals surface area contributed by atoms with E-state index in [1.54, 1.807) is 102 Å². The van der Waals surface area contributed by atoms with Crippen molar-refractivity contribution in [3.8, 4) is 22.3 Å². The minimum absolute atomic E-state index is 0.142. The first-order chi connectivity index (χ1) is 58.2. The number of benzene rings is 6. The molecule has 0 radical (unpaired) electrons. The Morgan fingerprint density at radius 2 is 0.975 bits per heavy atom. The molecule has 0 unspecified atom stereocenters. The molecule has 4 saturated heterocycles. The first-order valence-corrected chi connectivity index (χ1v) is 42.3. The summed E-state index contributed by atoms with van der Waals surface area (Å²) < 4.78 is 50.0. The first kappa shape index (κ1) is 87.9. The highest BCUT2D eigenvalue weighted by atomic mass is 19.1. The van der Waals surface area contributed by atoms with Crippen molar-refractivity contribution in [3.63, 3.8) is 0 Å². The summed E-state index contributed by atoms with van der Waals surface area (Å²) in [6.45, 7) is 25.0. The predicted molar refractivity (Wildman–Crippen MR) is 464 cm³/mol. The zero-order valence-corrected chi connectivity index (χ0v) is 70.0. The van der Waals surface area contributed by atoms with Crippen molar-refractivity contribution in [3.05, 3.63) is 225 Å². The molecular weight excluding hydrogens is 1520 g/mol. The van der Waals surface area contributed by atoms with Gasteiger partial charge < -0.3 is 67.4 Å². The van der Waals surface area contributed by atoms with Crippen LogP contribution in [0, 0.1) is 23.5 Å². The predicted octanol–water partition coefficient (Wildman–Crippen LogP) is 14.0. The van der Waals surface area contributed by atoms with Crippen molar-refractivity contribution in [1.29, 1.82) is 0 Å². The monoisotopic (exact) mass is 1640 g/mol. The van der Waals surface area contributed by atoms with Gasteiger partial charge in [-0.2, -0.15) is 10.2 Å². The van der Waals surface area contributed by atoms with Gasteiger partial charge in [-0.05, 0) is 237 Å². The third kappa shape index (κ3) is 23.4. The van der Waals surface area contributed by atoms with Crippen molar-refractivity contribution in [1.82, 2.24) is 66.3 Å². The molecule has 27 heteroatoms. The lowest BCUT2D eigenvalue weighted by atomic mass is 9.97. The van der Waals surface area contributed by atoms with Crippen molar-refractivity contribution < 1.29 is 51.8 Å². The molecule has 6 aromatic carbocycles. The van der Waals surface area contributed by atoms with Gasteiger partial charge in [0.25, 0.3) is 23.6 Å². The van der Waals surface area contributed by atoms with Crippen LogP contribution in [0.15, 0.2) is 146 Å². The van der Waals surface area contributed by atoms with Gasteiger partial charge in [0.05, 0.1) is 34.5 Å².